The largest absolute Gasteiger partial charge is 0.485 e. The minimum absolute atomic E-state index is 0.209. The third-order valence-corrected chi connectivity index (χ3v) is 8.36. The van der Waals surface area contributed by atoms with E-state index in [2.05, 4.69) is 60.7 Å². The van der Waals surface area contributed by atoms with Gasteiger partial charge in [-0.2, -0.15) is 5.26 Å². The number of nitrogens with zero attached hydrogens (tertiary/aromatic N) is 2. The van der Waals surface area contributed by atoms with Crippen molar-refractivity contribution in [2.24, 2.45) is 10.8 Å². The molecule has 0 saturated carbocycles. The van der Waals surface area contributed by atoms with E-state index in [1.807, 2.05) is 19.9 Å². The Balaban J connectivity index is 2.16. The van der Waals surface area contributed by atoms with Crippen molar-refractivity contribution in [1.82, 2.24) is 4.57 Å². The molecular formula is C31H45N2O4Si. The van der Waals surface area contributed by atoms with Crippen LogP contribution in [0.25, 0.3) is 0 Å². The smallest absolute Gasteiger partial charge is 0.251 e. The molecule has 1 aromatic carbocycles. The molecule has 0 spiro atoms. The molecule has 1 aromatic heterocycles. The lowest BCUT2D eigenvalue weighted by molar-refractivity contribution is -0.0647. The maximum absolute atomic E-state index is 13.9. The third-order valence-electron chi connectivity index (χ3n) is 7.60. The number of fused-ring (bicyclic) bond motifs is 1. The first-order valence-electron chi connectivity index (χ1n) is 13.5. The van der Waals surface area contributed by atoms with Crippen molar-refractivity contribution < 1.29 is 14.3 Å². The molecule has 3 rings (SSSR count). The topological polar surface area (TPSA) is 84.5 Å². The first-order valence-corrected chi connectivity index (χ1v) is 16.0. The van der Waals surface area contributed by atoms with E-state index in [0.29, 0.717) is 16.9 Å². The van der Waals surface area contributed by atoms with Gasteiger partial charge in [-0.05, 0) is 86.9 Å². The first kappa shape index (κ1) is 30.1. The van der Waals surface area contributed by atoms with E-state index in [4.69, 9.17) is 9.16 Å². The molecule has 2 aromatic rings. The van der Waals surface area contributed by atoms with Gasteiger partial charge in [0.2, 0.25) is 9.04 Å². The fourth-order valence-electron chi connectivity index (χ4n) is 5.54. The number of hydrogen-bond donors (Lipinski definition) is 1. The fraction of sp³-hybridized carbons (Fsp3) is 0.613. The molecule has 2 heterocycles. The van der Waals surface area contributed by atoms with E-state index >= 15 is 0 Å². The van der Waals surface area contributed by atoms with E-state index in [1.54, 1.807) is 35.0 Å². The number of rotatable bonds is 7. The zero-order valence-electron chi connectivity index (χ0n) is 24.8. The molecule has 0 fully saturated rings. The van der Waals surface area contributed by atoms with Crippen molar-refractivity contribution in [3.8, 4) is 11.8 Å². The Hall–Kier alpha value is -2.40. The monoisotopic (exact) mass is 537 g/mol. The van der Waals surface area contributed by atoms with Crippen LogP contribution in [0.4, 0.5) is 0 Å². The normalized spacial score (nSPS) is 20.8. The molecule has 1 radical (unpaired) electrons. The van der Waals surface area contributed by atoms with Crippen LogP contribution in [-0.2, 0) is 10.0 Å². The van der Waals surface area contributed by atoms with Gasteiger partial charge in [0.15, 0.2) is 0 Å². The lowest BCUT2D eigenvalue weighted by Crippen LogP contribution is -2.52. The van der Waals surface area contributed by atoms with Crippen LogP contribution in [0.15, 0.2) is 41.3 Å². The molecule has 0 bridgehead atoms. The molecule has 0 aliphatic carbocycles. The Morgan fingerprint density at radius 1 is 1.11 bits per heavy atom. The second-order valence-electron chi connectivity index (χ2n) is 13.6. The SMILES string of the molecule is C[Si](C)OC(CCCC(C)(C)C)(c1ccn([C@H]2c3cc(C#N)ccc3OC(C)(C)[C@@H]2O)c(=O)c1)C(C)(C)C. The van der Waals surface area contributed by atoms with E-state index in [1.165, 1.54) is 0 Å². The second kappa shape index (κ2) is 10.6. The zero-order chi connectivity index (χ0) is 28.7. The van der Waals surface area contributed by atoms with Crippen molar-refractivity contribution in [3.63, 3.8) is 0 Å². The summed E-state index contributed by atoms with van der Waals surface area (Å²) >= 11 is 0. The van der Waals surface area contributed by atoms with Crippen LogP contribution < -0.4 is 10.3 Å². The fourth-order valence-corrected chi connectivity index (χ4v) is 6.76. The molecule has 3 atom stereocenters. The summed E-state index contributed by atoms with van der Waals surface area (Å²) in [4.78, 5) is 13.9. The third kappa shape index (κ3) is 6.08. The lowest BCUT2D eigenvalue weighted by Gasteiger charge is -2.47. The van der Waals surface area contributed by atoms with Gasteiger partial charge in [-0.15, -0.1) is 0 Å². The van der Waals surface area contributed by atoms with Gasteiger partial charge in [-0.3, -0.25) is 4.79 Å². The van der Waals surface area contributed by atoms with E-state index in [-0.39, 0.29) is 16.4 Å². The Bertz CT molecular complexity index is 1250. The summed E-state index contributed by atoms with van der Waals surface area (Å²) in [6.45, 7) is 21.2. The summed E-state index contributed by atoms with van der Waals surface area (Å²) in [7, 11) is -1.10. The summed E-state index contributed by atoms with van der Waals surface area (Å²) < 4.78 is 14.5. The van der Waals surface area contributed by atoms with Gasteiger partial charge in [0.25, 0.3) is 5.56 Å². The van der Waals surface area contributed by atoms with Crippen molar-refractivity contribution >= 4 is 9.04 Å². The average molecular weight is 538 g/mol. The number of aliphatic hydroxyl groups excluding tert-OH is 1. The van der Waals surface area contributed by atoms with Crippen LogP contribution in [0.1, 0.15) is 97.4 Å². The van der Waals surface area contributed by atoms with Crippen molar-refractivity contribution in [3.05, 3.63) is 63.6 Å². The van der Waals surface area contributed by atoms with Crippen LogP contribution in [-0.4, -0.2) is 30.4 Å². The van der Waals surface area contributed by atoms with Crippen molar-refractivity contribution in [2.45, 2.75) is 111 Å². The number of pyridine rings is 1. The minimum atomic E-state index is -1.10. The maximum Gasteiger partial charge on any atom is 0.251 e. The van der Waals surface area contributed by atoms with Crippen LogP contribution in [0.5, 0.6) is 5.75 Å². The highest BCUT2D eigenvalue weighted by atomic mass is 28.3. The number of aliphatic hydroxyl groups is 1. The highest BCUT2D eigenvalue weighted by molar-refractivity contribution is 6.48. The Morgan fingerprint density at radius 2 is 1.76 bits per heavy atom. The number of ether oxygens (including phenoxy) is 1. The molecule has 0 amide bonds. The van der Waals surface area contributed by atoms with Crippen LogP contribution in [0.3, 0.4) is 0 Å². The van der Waals surface area contributed by atoms with Crippen LogP contribution in [0, 0.1) is 22.2 Å². The molecule has 7 heteroatoms. The second-order valence-corrected chi connectivity index (χ2v) is 15.6. The molecule has 207 valence electrons. The van der Waals surface area contributed by atoms with Crippen LogP contribution >= 0.6 is 0 Å². The molecule has 1 aliphatic rings. The van der Waals surface area contributed by atoms with E-state index < -0.39 is 32.4 Å². The van der Waals surface area contributed by atoms with Crippen molar-refractivity contribution in [1.29, 1.82) is 5.26 Å². The quantitative estimate of drug-likeness (QED) is 0.404. The molecule has 0 saturated heterocycles. The Labute approximate surface area is 230 Å². The van der Waals surface area contributed by atoms with E-state index in [9.17, 15) is 15.2 Å². The predicted octanol–water partition coefficient (Wildman–Crippen LogP) is 6.57. The molecule has 6 nitrogen and oxygen atoms in total. The molecule has 1 unspecified atom stereocenters. The Kier molecular flexibility index (Phi) is 8.44. The van der Waals surface area contributed by atoms with Gasteiger partial charge in [-0.1, -0.05) is 41.5 Å². The van der Waals surface area contributed by atoms with Gasteiger partial charge in [0.1, 0.15) is 17.5 Å². The number of hydrogen-bond acceptors (Lipinski definition) is 5. The highest BCUT2D eigenvalue weighted by Gasteiger charge is 2.47. The number of aromatic nitrogens is 1. The number of benzene rings is 1. The molecule has 1 aliphatic heterocycles. The lowest BCUT2D eigenvalue weighted by atomic mass is 9.69. The van der Waals surface area contributed by atoms with Gasteiger partial charge < -0.3 is 18.8 Å². The summed E-state index contributed by atoms with van der Waals surface area (Å²) in [5.74, 6) is 0.569. The average Bonchev–Trinajstić information content (AvgIpc) is 2.77. The van der Waals surface area contributed by atoms with Crippen LogP contribution in [0.2, 0.25) is 13.1 Å². The highest BCUT2D eigenvalue weighted by Crippen LogP contribution is 2.48. The minimum Gasteiger partial charge on any atom is -0.485 e. The standard InChI is InChI=1S/C31H45N2O4Si/c1-28(2,3)15-11-16-31(29(4,5)6,37-38(9)10)22-14-17-33(25(34)19-22)26-23-18-21(20-32)12-13-24(23)36-30(7,8)27(26)35/h12-14,17-19,26-27,35H,11,15-16H2,1-10H3/t26-,27+,31?/m0/s1. The summed E-state index contributed by atoms with van der Waals surface area (Å²) in [5, 5.41) is 20.8. The zero-order valence-corrected chi connectivity index (χ0v) is 25.8. The Morgan fingerprint density at radius 3 is 2.29 bits per heavy atom. The van der Waals surface area contributed by atoms with Gasteiger partial charge in [0.05, 0.1) is 23.3 Å². The summed E-state index contributed by atoms with van der Waals surface area (Å²) in [5.41, 5.74) is 0.158. The van der Waals surface area contributed by atoms with Crippen molar-refractivity contribution in [2.75, 3.05) is 0 Å². The molecular weight excluding hydrogens is 492 g/mol. The maximum atomic E-state index is 13.9. The summed E-state index contributed by atoms with van der Waals surface area (Å²) in [6.07, 6.45) is 3.64. The predicted molar refractivity (Wildman–Crippen MR) is 154 cm³/mol. The van der Waals surface area contributed by atoms with Gasteiger partial charge in [0, 0.05) is 17.8 Å². The molecule has 38 heavy (non-hydrogen) atoms. The summed E-state index contributed by atoms with van der Waals surface area (Å²) in [6, 6.07) is 10.3. The molecule has 1 N–H and O–H groups in total. The van der Waals surface area contributed by atoms with Gasteiger partial charge in [-0.25, -0.2) is 0 Å². The van der Waals surface area contributed by atoms with E-state index in [0.717, 1.165) is 24.8 Å². The first-order chi connectivity index (χ1) is 17.4. The van der Waals surface area contributed by atoms with Gasteiger partial charge >= 0.3 is 0 Å². The number of nitriles is 1.